The normalized spacial score (nSPS) is 21.4. The van der Waals surface area contributed by atoms with Crippen LogP contribution in [0.2, 0.25) is 0 Å². The number of halogens is 2. The van der Waals surface area contributed by atoms with Crippen LogP contribution in [0.4, 0.5) is 0 Å². The number of fused-ring (bicyclic) bond motifs is 3. The average molecular weight is 476 g/mol. The van der Waals surface area contributed by atoms with E-state index >= 15 is 0 Å². The smallest absolute Gasteiger partial charge is 0.0221 e. The van der Waals surface area contributed by atoms with Crippen molar-refractivity contribution in [2.75, 3.05) is 0 Å². The lowest BCUT2D eigenvalue weighted by atomic mass is 9.64. The summed E-state index contributed by atoms with van der Waals surface area (Å²) in [6, 6.07) is 11.6. The monoisotopic (exact) mass is 474 g/mol. The fourth-order valence-electron chi connectivity index (χ4n) is 5.50. The Morgan fingerprint density at radius 1 is 1.08 bits per heavy atom. The van der Waals surface area contributed by atoms with Gasteiger partial charge in [0.15, 0.2) is 0 Å². The molecule has 0 fully saturated rings. The van der Waals surface area contributed by atoms with E-state index in [1.54, 1.807) is 16.7 Å². The quantitative estimate of drug-likeness (QED) is 0.393. The highest BCUT2D eigenvalue weighted by Gasteiger charge is 2.47. The predicted molar refractivity (Wildman–Crippen MR) is 119 cm³/mol. The molecule has 2 aliphatic carbocycles. The molecular weight excluding hydrogens is 448 g/mol. The first-order valence-electron chi connectivity index (χ1n) is 10.2. The van der Waals surface area contributed by atoms with Gasteiger partial charge in [-0.25, -0.2) is 0 Å². The summed E-state index contributed by atoms with van der Waals surface area (Å²) < 4.78 is 2.53. The first-order chi connectivity index (χ1) is 12.6. The van der Waals surface area contributed by atoms with E-state index in [1.807, 2.05) is 0 Å². The molecule has 0 bridgehead atoms. The maximum Gasteiger partial charge on any atom is 0.0221 e. The Labute approximate surface area is 175 Å². The van der Waals surface area contributed by atoms with Gasteiger partial charge >= 0.3 is 0 Å². The molecule has 2 atom stereocenters. The number of unbranched alkanes of at least 4 members (excludes halogenated alkanes) is 1. The van der Waals surface area contributed by atoms with Crippen molar-refractivity contribution in [3.63, 3.8) is 0 Å². The highest BCUT2D eigenvalue weighted by Crippen LogP contribution is 2.59. The molecule has 0 aliphatic heterocycles. The van der Waals surface area contributed by atoms with Gasteiger partial charge < -0.3 is 0 Å². The molecule has 2 aromatic rings. The summed E-state index contributed by atoms with van der Waals surface area (Å²) in [7, 11) is 0. The van der Waals surface area contributed by atoms with Crippen molar-refractivity contribution in [3.05, 3.63) is 56.0 Å². The number of benzene rings is 2. The molecule has 0 amide bonds. The molecule has 0 nitrogen and oxygen atoms in total. The molecule has 0 N–H and O–H groups in total. The van der Waals surface area contributed by atoms with Gasteiger partial charge in [0.1, 0.15) is 0 Å². The Morgan fingerprint density at radius 3 is 2.65 bits per heavy atom. The minimum absolute atomic E-state index is 0.222. The second-order valence-corrected chi connectivity index (χ2v) is 9.96. The van der Waals surface area contributed by atoms with Crippen LogP contribution in [0.3, 0.4) is 0 Å². The second kappa shape index (κ2) is 7.43. The summed E-state index contributed by atoms with van der Waals surface area (Å²) in [6.45, 7) is 4.71. The number of rotatable bonds is 6. The minimum atomic E-state index is 0.222. The molecule has 26 heavy (non-hydrogen) atoms. The van der Waals surface area contributed by atoms with E-state index in [4.69, 9.17) is 0 Å². The van der Waals surface area contributed by atoms with E-state index in [2.05, 4.69) is 76.0 Å². The largest absolute Gasteiger partial charge is 0.0654 e. The third-order valence-corrected chi connectivity index (χ3v) is 7.97. The van der Waals surface area contributed by atoms with Crippen LogP contribution < -0.4 is 0 Å². The molecule has 4 rings (SSSR count). The van der Waals surface area contributed by atoms with Crippen LogP contribution in [-0.4, -0.2) is 0 Å². The van der Waals surface area contributed by atoms with Crippen LogP contribution in [0.15, 0.2) is 39.3 Å². The molecular formula is C24H28Br2. The van der Waals surface area contributed by atoms with E-state index in [0.29, 0.717) is 0 Å². The second-order valence-electron chi connectivity index (χ2n) is 8.19. The van der Waals surface area contributed by atoms with Gasteiger partial charge in [-0.1, -0.05) is 83.5 Å². The van der Waals surface area contributed by atoms with Crippen molar-refractivity contribution in [1.29, 1.82) is 0 Å². The molecule has 2 unspecified atom stereocenters. The van der Waals surface area contributed by atoms with E-state index in [0.717, 1.165) is 5.92 Å². The number of hydrogen-bond donors (Lipinski definition) is 0. The van der Waals surface area contributed by atoms with Gasteiger partial charge in [0.2, 0.25) is 0 Å². The highest BCUT2D eigenvalue weighted by molar-refractivity contribution is 9.10. The predicted octanol–water partition coefficient (Wildman–Crippen LogP) is 8.42. The first kappa shape index (κ1) is 18.7. The molecule has 2 heteroatoms. The van der Waals surface area contributed by atoms with E-state index < -0.39 is 0 Å². The summed E-state index contributed by atoms with van der Waals surface area (Å²) in [5.74, 6) is 0.817. The summed E-state index contributed by atoms with van der Waals surface area (Å²) >= 11 is 7.63. The van der Waals surface area contributed by atoms with Gasteiger partial charge in [0, 0.05) is 14.4 Å². The van der Waals surface area contributed by atoms with E-state index in [1.165, 1.54) is 71.4 Å². The van der Waals surface area contributed by atoms with Gasteiger partial charge in [-0.2, -0.15) is 0 Å². The van der Waals surface area contributed by atoms with Gasteiger partial charge in [0.25, 0.3) is 0 Å². The molecule has 0 heterocycles. The third-order valence-electron chi connectivity index (χ3n) is 6.73. The maximum absolute atomic E-state index is 3.87. The van der Waals surface area contributed by atoms with Crippen LogP contribution in [0.1, 0.15) is 75.5 Å². The van der Waals surface area contributed by atoms with Crippen molar-refractivity contribution >= 4 is 31.9 Å². The molecule has 0 saturated carbocycles. The van der Waals surface area contributed by atoms with Crippen LogP contribution in [-0.2, 0) is 11.8 Å². The van der Waals surface area contributed by atoms with Crippen molar-refractivity contribution < 1.29 is 0 Å². The van der Waals surface area contributed by atoms with Gasteiger partial charge in [-0.05, 0) is 77.6 Å². The van der Waals surface area contributed by atoms with Crippen molar-refractivity contribution in [2.45, 2.75) is 70.6 Å². The maximum atomic E-state index is 3.87. The van der Waals surface area contributed by atoms with E-state index in [9.17, 15) is 0 Å². The van der Waals surface area contributed by atoms with Crippen molar-refractivity contribution in [3.8, 4) is 11.1 Å². The van der Waals surface area contributed by atoms with Crippen molar-refractivity contribution in [2.24, 2.45) is 5.92 Å². The van der Waals surface area contributed by atoms with Crippen molar-refractivity contribution in [1.82, 2.24) is 0 Å². The molecule has 0 spiro atoms. The third kappa shape index (κ3) is 2.92. The Kier molecular flexibility index (Phi) is 5.36. The lowest BCUT2D eigenvalue weighted by Crippen LogP contribution is -2.32. The van der Waals surface area contributed by atoms with Gasteiger partial charge in [-0.3, -0.25) is 0 Å². The average Bonchev–Trinajstić information content (AvgIpc) is 2.92. The zero-order valence-corrected chi connectivity index (χ0v) is 19.0. The zero-order chi connectivity index (χ0) is 18.3. The summed E-state index contributed by atoms with van der Waals surface area (Å²) in [5.41, 5.74) is 8.00. The molecule has 2 aromatic carbocycles. The van der Waals surface area contributed by atoms with Crippen LogP contribution in [0.5, 0.6) is 0 Å². The fraction of sp³-hybridized carbons (Fsp3) is 0.500. The van der Waals surface area contributed by atoms with Crippen LogP contribution in [0, 0.1) is 5.92 Å². The van der Waals surface area contributed by atoms with E-state index in [-0.39, 0.29) is 5.41 Å². The standard InChI is InChI=1S/C24H28Br2/c1-3-5-7-16(4-2)15-24-13-6-8-20-22(26)12-11-19(23(20)24)18-10-9-17(25)14-21(18)24/h9-12,14,16H,3-8,13,15H2,1-2H3. The SMILES string of the molecule is CCCCC(CC)CC12CCCc3c(Br)ccc(c31)-c1ccc(Br)cc12. The molecule has 0 aromatic heterocycles. The molecule has 2 aliphatic rings. The lowest BCUT2D eigenvalue weighted by Gasteiger charge is -2.40. The van der Waals surface area contributed by atoms with Gasteiger partial charge in [-0.15, -0.1) is 0 Å². The fourth-order valence-corrected chi connectivity index (χ4v) is 6.39. The zero-order valence-electron chi connectivity index (χ0n) is 15.9. The summed E-state index contributed by atoms with van der Waals surface area (Å²) in [5, 5.41) is 0. The minimum Gasteiger partial charge on any atom is -0.0654 e. The number of hydrogen-bond acceptors (Lipinski definition) is 0. The molecule has 0 radical (unpaired) electrons. The van der Waals surface area contributed by atoms with Crippen LogP contribution in [0.25, 0.3) is 11.1 Å². The Morgan fingerprint density at radius 2 is 1.88 bits per heavy atom. The first-order valence-corrected chi connectivity index (χ1v) is 11.8. The lowest BCUT2D eigenvalue weighted by molar-refractivity contribution is 0.303. The van der Waals surface area contributed by atoms with Gasteiger partial charge in [0.05, 0.1) is 0 Å². The Bertz CT molecular complexity index is 823. The summed E-state index contributed by atoms with van der Waals surface area (Å²) in [6.07, 6.45) is 10.5. The topological polar surface area (TPSA) is 0 Å². The highest BCUT2D eigenvalue weighted by atomic mass is 79.9. The Balaban J connectivity index is 1.90. The summed E-state index contributed by atoms with van der Waals surface area (Å²) in [4.78, 5) is 0. The van der Waals surface area contributed by atoms with Crippen LogP contribution >= 0.6 is 31.9 Å². The Hall–Kier alpha value is -0.600. The molecule has 138 valence electrons. The molecule has 0 saturated heterocycles.